The van der Waals surface area contributed by atoms with E-state index in [2.05, 4.69) is 5.32 Å². The molecular formula is C20H25N3O5S3. The van der Waals surface area contributed by atoms with Crippen LogP contribution < -0.4 is 5.32 Å². The van der Waals surface area contributed by atoms with E-state index >= 15 is 0 Å². The Morgan fingerprint density at radius 3 is 1.94 bits per heavy atom. The summed E-state index contributed by atoms with van der Waals surface area (Å²) in [4.78, 5) is 13.1. The zero-order valence-electron chi connectivity index (χ0n) is 17.0. The number of nitrogens with one attached hydrogen (secondary N) is 1. The largest absolute Gasteiger partial charge is 0.321 e. The molecule has 1 aromatic heterocycles. The second-order valence-corrected chi connectivity index (χ2v) is 12.4. The number of anilines is 1. The SMILES string of the molecule is O=C(Nc1ccc(S(=O)(=O)N2CCCC2)cc1)c1sccc1S(=O)(=O)N1CCCCC1. The number of benzene rings is 1. The lowest BCUT2D eigenvalue weighted by molar-refractivity contribution is 0.102. The normalized spacial score (nSPS) is 18.8. The second kappa shape index (κ2) is 8.99. The number of hydrogen-bond donors (Lipinski definition) is 1. The summed E-state index contributed by atoms with van der Waals surface area (Å²) >= 11 is 1.07. The fourth-order valence-electron chi connectivity index (χ4n) is 3.89. The van der Waals surface area contributed by atoms with E-state index in [1.807, 2.05) is 0 Å². The van der Waals surface area contributed by atoms with Crippen LogP contribution in [-0.2, 0) is 20.0 Å². The van der Waals surface area contributed by atoms with Crippen LogP contribution in [0.5, 0.6) is 0 Å². The Hall–Kier alpha value is -1.79. The Bertz CT molecular complexity index is 1140. The Morgan fingerprint density at radius 1 is 0.774 bits per heavy atom. The van der Waals surface area contributed by atoms with Gasteiger partial charge in [0.1, 0.15) is 9.77 Å². The van der Waals surface area contributed by atoms with Crippen LogP contribution in [0.4, 0.5) is 5.69 Å². The molecule has 1 amide bonds. The fraction of sp³-hybridized carbons (Fsp3) is 0.450. The van der Waals surface area contributed by atoms with Gasteiger partial charge in [-0.2, -0.15) is 8.61 Å². The number of sulfonamides is 2. The number of carbonyl (C=O) groups excluding carboxylic acids is 1. The molecule has 3 heterocycles. The van der Waals surface area contributed by atoms with Gasteiger partial charge in [0.15, 0.2) is 0 Å². The molecular weight excluding hydrogens is 458 g/mol. The molecule has 0 unspecified atom stereocenters. The van der Waals surface area contributed by atoms with Crippen LogP contribution in [0.15, 0.2) is 45.5 Å². The Labute approximate surface area is 187 Å². The Balaban J connectivity index is 1.50. The molecule has 1 aromatic carbocycles. The van der Waals surface area contributed by atoms with Crippen molar-refractivity contribution in [3.05, 3.63) is 40.6 Å². The molecule has 2 saturated heterocycles. The summed E-state index contributed by atoms with van der Waals surface area (Å²) < 4.78 is 54.1. The van der Waals surface area contributed by atoms with Gasteiger partial charge in [-0.3, -0.25) is 4.79 Å². The van der Waals surface area contributed by atoms with Gasteiger partial charge in [0.2, 0.25) is 20.0 Å². The predicted octanol–water partition coefficient (Wildman–Crippen LogP) is 2.96. The molecule has 0 bridgehead atoms. The number of rotatable bonds is 6. The molecule has 0 aliphatic carbocycles. The molecule has 8 nitrogen and oxygen atoms in total. The molecule has 2 fully saturated rings. The highest BCUT2D eigenvalue weighted by atomic mass is 32.2. The van der Waals surface area contributed by atoms with Gasteiger partial charge in [-0.15, -0.1) is 11.3 Å². The third-order valence-corrected chi connectivity index (χ3v) is 10.5. The lowest BCUT2D eigenvalue weighted by Crippen LogP contribution is -2.36. The lowest BCUT2D eigenvalue weighted by Gasteiger charge is -2.25. The molecule has 168 valence electrons. The van der Waals surface area contributed by atoms with Crippen molar-refractivity contribution in [3.8, 4) is 0 Å². The van der Waals surface area contributed by atoms with Crippen LogP contribution in [0.2, 0.25) is 0 Å². The molecule has 0 atom stereocenters. The van der Waals surface area contributed by atoms with E-state index in [1.165, 1.54) is 38.9 Å². The number of carbonyl (C=O) groups is 1. The molecule has 2 aromatic rings. The maximum absolute atomic E-state index is 13.0. The highest BCUT2D eigenvalue weighted by Crippen LogP contribution is 2.28. The van der Waals surface area contributed by atoms with Gasteiger partial charge in [-0.05, 0) is 61.4 Å². The highest BCUT2D eigenvalue weighted by molar-refractivity contribution is 7.89. The van der Waals surface area contributed by atoms with E-state index in [9.17, 15) is 21.6 Å². The van der Waals surface area contributed by atoms with Crippen LogP contribution in [0.3, 0.4) is 0 Å². The van der Waals surface area contributed by atoms with Gasteiger partial charge in [0.25, 0.3) is 5.91 Å². The zero-order chi connectivity index (χ0) is 22.1. The fourth-order valence-corrected chi connectivity index (χ4v) is 8.22. The van der Waals surface area contributed by atoms with Crippen molar-refractivity contribution >= 4 is 43.0 Å². The van der Waals surface area contributed by atoms with Crippen molar-refractivity contribution in [1.29, 1.82) is 0 Å². The van der Waals surface area contributed by atoms with E-state index in [1.54, 1.807) is 5.38 Å². The van der Waals surface area contributed by atoms with E-state index in [4.69, 9.17) is 0 Å². The summed E-state index contributed by atoms with van der Waals surface area (Å²) in [5.74, 6) is -0.527. The zero-order valence-corrected chi connectivity index (χ0v) is 19.4. The van der Waals surface area contributed by atoms with Gasteiger partial charge in [-0.1, -0.05) is 6.42 Å². The van der Waals surface area contributed by atoms with Crippen LogP contribution >= 0.6 is 11.3 Å². The number of hydrogen-bond acceptors (Lipinski definition) is 6. The minimum Gasteiger partial charge on any atom is -0.321 e. The molecule has 2 aliphatic heterocycles. The first-order chi connectivity index (χ1) is 14.8. The average molecular weight is 484 g/mol. The van der Waals surface area contributed by atoms with Crippen LogP contribution in [0.1, 0.15) is 41.8 Å². The monoisotopic (exact) mass is 483 g/mol. The number of nitrogens with zero attached hydrogens (tertiary/aromatic N) is 2. The highest BCUT2D eigenvalue weighted by Gasteiger charge is 2.31. The van der Waals surface area contributed by atoms with Gasteiger partial charge >= 0.3 is 0 Å². The number of thiophene rings is 1. The van der Waals surface area contributed by atoms with E-state index < -0.39 is 26.0 Å². The maximum atomic E-state index is 13.0. The molecule has 0 radical (unpaired) electrons. The Kier molecular flexibility index (Phi) is 6.50. The molecule has 2 aliphatic rings. The minimum atomic E-state index is -3.72. The van der Waals surface area contributed by atoms with Crippen molar-refractivity contribution in [1.82, 2.24) is 8.61 Å². The summed E-state index contributed by atoms with van der Waals surface area (Å²) in [5.41, 5.74) is 0.403. The first kappa shape index (κ1) is 22.4. The average Bonchev–Trinajstić information content (AvgIpc) is 3.47. The van der Waals surface area contributed by atoms with Crippen molar-refractivity contribution < 1.29 is 21.6 Å². The van der Waals surface area contributed by atoms with Crippen LogP contribution in [0, 0.1) is 0 Å². The van der Waals surface area contributed by atoms with Gasteiger partial charge in [-0.25, -0.2) is 16.8 Å². The molecule has 4 rings (SSSR count). The summed E-state index contributed by atoms with van der Waals surface area (Å²) in [6, 6.07) is 7.43. The molecule has 31 heavy (non-hydrogen) atoms. The van der Waals surface area contributed by atoms with Crippen molar-refractivity contribution in [2.45, 2.75) is 41.9 Å². The number of amides is 1. The minimum absolute atomic E-state index is 0.0186. The van der Waals surface area contributed by atoms with Gasteiger partial charge in [0.05, 0.1) is 4.90 Å². The standard InChI is InChI=1S/C20H25N3O5S3/c24-20(19-18(10-15-29-19)31(27,28)23-11-2-1-3-12-23)21-16-6-8-17(9-7-16)30(25,26)22-13-4-5-14-22/h6-10,15H,1-5,11-14H2,(H,21,24). The Morgan fingerprint density at radius 2 is 1.32 bits per heavy atom. The van der Waals surface area contributed by atoms with Crippen molar-refractivity contribution in [3.63, 3.8) is 0 Å². The summed E-state index contributed by atoms with van der Waals surface area (Å²) in [6.45, 7) is 1.97. The second-order valence-electron chi connectivity index (χ2n) is 7.67. The van der Waals surface area contributed by atoms with Crippen LogP contribution in [0.25, 0.3) is 0 Å². The molecule has 1 N–H and O–H groups in total. The smallest absolute Gasteiger partial charge is 0.267 e. The third-order valence-electron chi connectivity index (χ3n) is 5.58. The number of piperidine rings is 1. The predicted molar refractivity (Wildman–Crippen MR) is 119 cm³/mol. The van der Waals surface area contributed by atoms with E-state index in [0.717, 1.165) is 43.4 Å². The summed E-state index contributed by atoms with van der Waals surface area (Å²) in [5, 5.41) is 4.28. The topological polar surface area (TPSA) is 104 Å². The van der Waals surface area contributed by atoms with Gasteiger partial charge < -0.3 is 5.32 Å². The maximum Gasteiger partial charge on any atom is 0.267 e. The van der Waals surface area contributed by atoms with Crippen molar-refractivity contribution in [2.24, 2.45) is 0 Å². The first-order valence-corrected chi connectivity index (χ1v) is 14.1. The molecule has 0 saturated carbocycles. The van der Waals surface area contributed by atoms with Crippen molar-refractivity contribution in [2.75, 3.05) is 31.5 Å². The van der Waals surface area contributed by atoms with Crippen LogP contribution in [-0.4, -0.2) is 57.5 Å². The lowest BCUT2D eigenvalue weighted by atomic mass is 10.2. The third kappa shape index (κ3) is 4.56. The molecule has 0 spiro atoms. The van der Waals surface area contributed by atoms with E-state index in [-0.39, 0.29) is 14.7 Å². The summed E-state index contributed by atoms with van der Waals surface area (Å²) in [7, 11) is -7.25. The van der Waals surface area contributed by atoms with Gasteiger partial charge in [0, 0.05) is 31.9 Å². The van der Waals surface area contributed by atoms with E-state index in [0.29, 0.717) is 31.9 Å². The molecule has 11 heteroatoms. The first-order valence-electron chi connectivity index (χ1n) is 10.3. The summed E-state index contributed by atoms with van der Waals surface area (Å²) in [6.07, 6.45) is 4.36. The quantitative estimate of drug-likeness (QED) is 0.680.